The summed E-state index contributed by atoms with van der Waals surface area (Å²) in [6, 6.07) is 10.6. The van der Waals surface area contributed by atoms with Crippen molar-refractivity contribution in [3.8, 4) is 0 Å². The molecule has 1 atom stereocenters. The van der Waals surface area contributed by atoms with Gasteiger partial charge in [0.15, 0.2) is 0 Å². The van der Waals surface area contributed by atoms with Crippen molar-refractivity contribution in [2.24, 2.45) is 5.41 Å². The van der Waals surface area contributed by atoms with Crippen LogP contribution < -0.4 is 0 Å². The molecule has 1 aromatic carbocycles. The molecule has 0 bridgehead atoms. The van der Waals surface area contributed by atoms with Crippen LogP contribution in [-0.2, 0) is 16.0 Å². The smallest absolute Gasteiger partial charge is 0.254 e. The third kappa shape index (κ3) is 2.91. The Balaban J connectivity index is 1.58. The molecule has 3 rings (SSSR count). The molecule has 1 aliphatic heterocycles. The minimum absolute atomic E-state index is 0.227. The van der Waals surface area contributed by atoms with Crippen molar-refractivity contribution in [2.75, 3.05) is 20.2 Å². The number of aryl methyl sites for hydroxylation is 1. The first-order chi connectivity index (χ1) is 10.6. The van der Waals surface area contributed by atoms with Crippen molar-refractivity contribution in [2.45, 2.75) is 51.0 Å². The van der Waals surface area contributed by atoms with Gasteiger partial charge in [-0.05, 0) is 49.5 Å². The molecule has 3 nitrogen and oxygen atoms in total. The summed E-state index contributed by atoms with van der Waals surface area (Å²) in [5.74, 6) is 0.227. The summed E-state index contributed by atoms with van der Waals surface area (Å²) in [5.41, 5.74) is 1.13. The lowest BCUT2D eigenvalue weighted by molar-refractivity contribution is -0.165. The average Bonchev–Trinajstić information content (AvgIpc) is 2.89. The Morgan fingerprint density at radius 1 is 1.23 bits per heavy atom. The Kier molecular flexibility index (Phi) is 4.26. The normalized spacial score (nSPS) is 26.7. The van der Waals surface area contributed by atoms with E-state index >= 15 is 0 Å². The van der Waals surface area contributed by atoms with E-state index in [1.807, 2.05) is 4.90 Å². The third-order valence-corrected chi connectivity index (χ3v) is 5.65. The largest absolute Gasteiger partial charge is 0.368 e. The first-order valence-corrected chi connectivity index (χ1v) is 8.45. The highest BCUT2D eigenvalue weighted by Gasteiger charge is 2.49. The Bertz CT molecular complexity index is 518. The van der Waals surface area contributed by atoms with Gasteiger partial charge < -0.3 is 9.64 Å². The first kappa shape index (κ1) is 15.5. The Morgan fingerprint density at radius 2 is 1.95 bits per heavy atom. The lowest BCUT2D eigenvalue weighted by Gasteiger charge is -2.41. The van der Waals surface area contributed by atoms with E-state index in [0.29, 0.717) is 0 Å². The second kappa shape index (κ2) is 6.04. The van der Waals surface area contributed by atoms with Gasteiger partial charge in [-0.1, -0.05) is 37.3 Å². The quantitative estimate of drug-likeness (QED) is 0.834. The summed E-state index contributed by atoms with van der Waals surface area (Å²) in [4.78, 5) is 14.8. The van der Waals surface area contributed by atoms with Crippen LogP contribution in [0.2, 0.25) is 0 Å². The maximum Gasteiger partial charge on any atom is 0.254 e. The minimum Gasteiger partial charge on any atom is -0.368 e. The van der Waals surface area contributed by atoms with Crippen LogP contribution in [0.3, 0.4) is 0 Å². The van der Waals surface area contributed by atoms with Crippen molar-refractivity contribution in [1.82, 2.24) is 4.90 Å². The molecule has 0 N–H and O–H groups in total. The SMILES string of the molecule is COC1(C(=O)N2CCC(C)(CCc3ccccc3)C2)CCC1. The molecule has 2 aliphatic rings. The fourth-order valence-electron chi connectivity index (χ4n) is 3.78. The van der Waals surface area contributed by atoms with E-state index in [1.54, 1.807) is 7.11 Å². The highest BCUT2D eigenvalue weighted by atomic mass is 16.5. The van der Waals surface area contributed by atoms with Gasteiger partial charge in [-0.15, -0.1) is 0 Å². The van der Waals surface area contributed by atoms with Crippen LogP contribution >= 0.6 is 0 Å². The van der Waals surface area contributed by atoms with Crippen molar-refractivity contribution in [3.63, 3.8) is 0 Å². The predicted octanol–water partition coefficient (Wildman–Crippen LogP) is 3.43. The van der Waals surface area contributed by atoms with Crippen molar-refractivity contribution >= 4 is 5.91 Å². The number of ether oxygens (including phenoxy) is 1. The second-order valence-electron chi connectivity index (χ2n) is 7.32. The predicted molar refractivity (Wildman–Crippen MR) is 87.7 cm³/mol. The molecule has 1 amide bonds. The van der Waals surface area contributed by atoms with E-state index in [2.05, 4.69) is 37.3 Å². The Labute approximate surface area is 133 Å². The third-order valence-electron chi connectivity index (χ3n) is 5.65. The van der Waals surface area contributed by atoms with E-state index in [0.717, 1.165) is 51.6 Å². The number of carbonyl (C=O) groups is 1. The number of hydrogen-bond acceptors (Lipinski definition) is 2. The van der Waals surface area contributed by atoms with Gasteiger partial charge in [0.25, 0.3) is 5.91 Å². The molecule has 22 heavy (non-hydrogen) atoms. The second-order valence-corrected chi connectivity index (χ2v) is 7.32. The zero-order chi connectivity index (χ0) is 15.6. The minimum atomic E-state index is -0.495. The lowest BCUT2D eigenvalue weighted by atomic mass is 9.78. The van der Waals surface area contributed by atoms with Crippen LogP contribution in [0.25, 0.3) is 0 Å². The summed E-state index contributed by atoms with van der Waals surface area (Å²) >= 11 is 0. The fraction of sp³-hybridized carbons (Fsp3) is 0.632. The molecular formula is C19H27NO2. The van der Waals surface area contributed by atoms with Crippen LogP contribution in [0.5, 0.6) is 0 Å². The molecule has 1 unspecified atom stereocenters. The summed E-state index contributed by atoms with van der Waals surface area (Å²) in [6.45, 7) is 4.09. The number of likely N-dealkylation sites (tertiary alicyclic amines) is 1. The molecule has 1 aromatic rings. The summed E-state index contributed by atoms with van der Waals surface area (Å²) in [6.07, 6.45) is 6.22. The molecule has 120 valence electrons. The molecular weight excluding hydrogens is 274 g/mol. The Morgan fingerprint density at radius 3 is 2.55 bits per heavy atom. The summed E-state index contributed by atoms with van der Waals surface area (Å²) < 4.78 is 5.55. The van der Waals surface area contributed by atoms with Gasteiger partial charge in [-0.3, -0.25) is 4.79 Å². The van der Waals surface area contributed by atoms with Crippen molar-refractivity contribution in [1.29, 1.82) is 0 Å². The van der Waals surface area contributed by atoms with Gasteiger partial charge in [0, 0.05) is 20.2 Å². The molecule has 0 radical (unpaired) electrons. The van der Waals surface area contributed by atoms with E-state index in [4.69, 9.17) is 4.74 Å². The van der Waals surface area contributed by atoms with Gasteiger partial charge in [0.05, 0.1) is 0 Å². The number of hydrogen-bond donors (Lipinski definition) is 0. The number of benzene rings is 1. The van der Waals surface area contributed by atoms with E-state index in [-0.39, 0.29) is 11.3 Å². The fourth-order valence-corrected chi connectivity index (χ4v) is 3.78. The number of carbonyl (C=O) groups excluding carboxylic acids is 1. The topological polar surface area (TPSA) is 29.5 Å². The molecule has 1 saturated heterocycles. The van der Waals surface area contributed by atoms with Crippen LogP contribution in [0.4, 0.5) is 0 Å². The van der Waals surface area contributed by atoms with Gasteiger partial charge in [-0.25, -0.2) is 0 Å². The van der Waals surface area contributed by atoms with Gasteiger partial charge in [0.1, 0.15) is 5.60 Å². The standard InChI is InChI=1S/C19H27NO2/c1-18(12-9-16-7-4-3-5-8-16)13-14-20(15-18)17(21)19(22-2)10-6-11-19/h3-5,7-8H,6,9-15H2,1-2H3. The van der Waals surface area contributed by atoms with E-state index < -0.39 is 5.60 Å². The van der Waals surface area contributed by atoms with E-state index in [9.17, 15) is 4.79 Å². The number of nitrogens with zero attached hydrogens (tertiary/aromatic N) is 1. The zero-order valence-corrected chi connectivity index (χ0v) is 13.8. The lowest BCUT2D eigenvalue weighted by Crippen LogP contribution is -2.54. The van der Waals surface area contributed by atoms with Crippen LogP contribution in [0, 0.1) is 5.41 Å². The van der Waals surface area contributed by atoms with E-state index in [1.165, 1.54) is 5.56 Å². The number of methoxy groups -OCH3 is 1. The summed E-state index contributed by atoms with van der Waals surface area (Å²) in [5, 5.41) is 0. The van der Waals surface area contributed by atoms with Crippen LogP contribution in [0.1, 0.15) is 44.6 Å². The zero-order valence-electron chi connectivity index (χ0n) is 13.8. The van der Waals surface area contributed by atoms with Crippen LogP contribution in [-0.4, -0.2) is 36.6 Å². The molecule has 0 aromatic heterocycles. The maximum absolute atomic E-state index is 12.7. The molecule has 2 fully saturated rings. The van der Waals surface area contributed by atoms with Gasteiger partial charge >= 0.3 is 0 Å². The highest BCUT2D eigenvalue weighted by Crippen LogP contribution is 2.41. The molecule has 0 spiro atoms. The molecule has 1 saturated carbocycles. The molecule has 1 aliphatic carbocycles. The monoisotopic (exact) mass is 301 g/mol. The summed E-state index contributed by atoms with van der Waals surface area (Å²) in [7, 11) is 1.68. The number of amides is 1. The van der Waals surface area contributed by atoms with Gasteiger partial charge in [0.2, 0.25) is 0 Å². The highest BCUT2D eigenvalue weighted by molar-refractivity contribution is 5.86. The van der Waals surface area contributed by atoms with Crippen LogP contribution in [0.15, 0.2) is 30.3 Å². The first-order valence-electron chi connectivity index (χ1n) is 8.45. The molecule has 3 heteroatoms. The number of rotatable bonds is 5. The molecule has 1 heterocycles. The van der Waals surface area contributed by atoms with Gasteiger partial charge in [-0.2, -0.15) is 0 Å². The maximum atomic E-state index is 12.7. The van der Waals surface area contributed by atoms with Crippen molar-refractivity contribution < 1.29 is 9.53 Å². The van der Waals surface area contributed by atoms with Crippen molar-refractivity contribution in [3.05, 3.63) is 35.9 Å². The average molecular weight is 301 g/mol. The Hall–Kier alpha value is -1.35.